The second-order valence-electron chi connectivity index (χ2n) is 2.66. The topological polar surface area (TPSA) is 40.1 Å². The van der Waals surface area contributed by atoms with E-state index in [1.54, 1.807) is 19.9 Å². The average molecular weight is 127 g/mol. The van der Waals surface area contributed by atoms with Crippen LogP contribution in [0.5, 0.6) is 0 Å². The zero-order valence-electron chi connectivity index (χ0n) is 5.81. The Hall–Kier alpha value is -0.790. The van der Waals surface area contributed by atoms with E-state index in [0.29, 0.717) is 6.42 Å². The summed E-state index contributed by atoms with van der Waals surface area (Å²) in [5.41, 5.74) is -0.762. The van der Waals surface area contributed by atoms with Crippen molar-refractivity contribution in [3.05, 3.63) is 12.7 Å². The first-order valence-electron chi connectivity index (χ1n) is 2.83. The molecule has 0 atom stereocenters. The summed E-state index contributed by atoms with van der Waals surface area (Å²) in [5, 5.41) is 10.3. The smallest absolute Gasteiger partial charge is 0.0473 e. The number of rotatable bonds is 3. The molecule has 0 saturated heterocycles. The van der Waals surface area contributed by atoms with E-state index in [0.717, 1.165) is 0 Å². The van der Waals surface area contributed by atoms with Crippen LogP contribution in [-0.4, -0.2) is 5.97 Å². The SMILES string of the molecule is C=CCC(C)(C)C(=O)[O-]. The maximum atomic E-state index is 10.3. The second kappa shape index (κ2) is 2.67. The number of aliphatic carboxylic acids is 1. The molecule has 0 saturated carbocycles. The molecule has 2 heteroatoms. The summed E-state index contributed by atoms with van der Waals surface area (Å²) in [6.07, 6.45) is 2.03. The van der Waals surface area contributed by atoms with Crippen LogP contribution in [0.15, 0.2) is 12.7 Å². The maximum Gasteiger partial charge on any atom is 0.0473 e. The molecule has 0 aromatic rings. The van der Waals surface area contributed by atoms with Gasteiger partial charge in [0, 0.05) is 11.4 Å². The molecule has 9 heavy (non-hydrogen) atoms. The van der Waals surface area contributed by atoms with Crippen molar-refractivity contribution in [1.82, 2.24) is 0 Å². The fourth-order valence-corrected chi connectivity index (χ4v) is 0.444. The number of hydrogen-bond acceptors (Lipinski definition) is 2. The van der Waals surface area contributed by atoms with Gasteiger partial charge in [0.1, 0.15) is 0 Å². The fraction of sp³-hybridized carbons (Fsp3) is 0.571. The van der Waals surface area contributed by atoms with Crippen LogP contribution < -0.4 is 5.11 Å². The van der Waals surface area contributed by atoms with E-state index >= 15 is 0 Å². The van der Waals surface area contributed by atoms with E-state index < -0.39 is 11.4 Å². The molecule has 52 valence electrons. The van der Waals surface area contributed by atoms with Gasteiger partial charge in [-0.2, -0.15) is 0 Å². The minimum absolute atomic E-state index is 0.454. The Labute approximate surface area is 55.2 Å². The van der Waals surface area contributed by atoms with Gasteiger partial charge >= 0.3 is 0 Å². The zero-order valence-corrected chi connectivity index (χ0v) is 5.81. The summed E-state index contributed by atoms with van der Waals surface area (Å²) in [6.45, 7) is 6.67. The van der Waals surface area contributed by atoms with Gasteiger partial charge in [0.05, 0.1) is 0 Å². The molecule has 0 amide bonds. The number of carboxylic acid groups (broad SMARTS) is 1. The van der Waals surface area contributed by atoms with Crippen molar-refractivity contribution in [2.45, 2.75) is 20.3 Å². The van der Waals surface area contributed by atoms with Crippen LogP contribution in [0.3, 0.4) is 0 Å². The van der Waals surface area contributed by atoms with Gasteiger partial charge in [-0.15, -0.1) is 6.58 Å². The first-order valence-corrected chi connectivity index (χ1v) is 2.83. The molecular formula is C7H11O2-. The standard InChI is InChI=1S/C7H12O2/c1-4-5-7(2,3)6(8)9/h4H,1,5H2,2-3H3,(H,8,9)/p-1. The minimum Gasteiger partial charge on any atom is -0.550 e. The summed E-state index contributed by atoms with van der Waals surface area (Å²) < 4.78 is 0. The monoisotopic (exact) mass is 127 g/mol. The molecule has 0 unspecified atom stereocenters. The van der Waals surface area contributed by atoms with Crippen LogP contribution in [-0.2, 0) is 4.79 Å². The Morgan fingerprint density at radius 3 is 2.33 bits per heavy atom. The highest BCUT2D eigenvalue weighted by molar-refractivity contribution is 5.71. The molecule has 0 aromatic carbocycles. The van der Waals surface area contributed by atoms with Crippen LogP contribution in [0.2, 0.25) is 0 Å². The van der Waals surface area contributed by atoms with Crippen molar-refractivity contribution in [2.24, 2.45) is 5.41 Å². The van der Waals surface area contributed by atoms with Crippen molar-refractivity contribution in [3.8, 4) is 0 Å². The molecule has 0 fully saturated rings. The third kappa shape index (κ3) is 2.31. The van der Waals surface area contributed by atoms with Crippen LogP contribution in [0, 0.1) is 5.41 Å². The maximum absolute atomic E-state index is 10.3. The molecule has 2 nitrogen and oxygen atoms in total. The summed E-state index contributed by atoms with van der Waals surface area (Å²) in [6, 6.07) is 0. The third-order valence-electron chi connectivity index (χ3n) is 1.21. The lowest BCUT2D eigenvalue weighted by Gasteiger charge is -2.23. The van der Waals surface area contributed by atoms with Crippen molar-refractivity contribution in [2.75, 3.05) is 0 Å². The first kappa shape index (κ1) is 8.21. The average Bonchev–Trinajstić information content (AvgIpc) is 1.65. The molecule has 0 N–H and O–H groups in total. The normalized spacial score (nSPS) is 10.9. The van der Waals surface area contributed by atoms with Gasteiger partial charge in [0.25, 0.3) is 0 Å². The highest BCUT2D eigenvalue weighted by Gasteiger charge is 2.16. The summed E-state index contributed by atoms with van der Waals surface area (Å²) in [7, 11) is 0. The van der Waals surface area contributed by atoms with E-state index in [1.807, 2.05) is 0 Å². The number of carboxylic acids is 1. The minimum atomic E-state index is -1.03. The summed E-state index contributed by atoms with van der Waals surface area (Å²) in [4.78, 5) is 10.3. The van der Waals surface area contributed by atoms with E-state index in [-0.39, 0.29) is 0 Å². The summed E-state index contributed by atoms with van der Waals surface area (Å²) in [5.74, 6) is -1.03. The summed E-state index contributed by atoms with van der Waals surface area (Å²) >= 11 is 0. The quantitative estimate of drug-likeness (QED) is 0.513. The number of hydrogen-bond donors (Lipinski definition) is 0. The predicted molar refractivity (Wildman–Crippen MR) is 33.6 cm³/mol. The Balaban J connectivity index is 4.00. The molecule has 0 aliphatic heterocycles. The third-order valence-corrected chi connectivity index (χ3v) is 1.21. The van der Waals surface area contributed by atoms with Gasteiger partial charge in [-0.05, 0) is 6.42 Å². The van der Waals surface area contributed by atoms with Crippen molar-refractivity contribution in [3.63, 3.8) is 0 Å². The molecule has 0 spiro atoms. The Morgan fingerprint density at radius 2 is 2.22 bits per heavy atom. The molecule has 0 heterocycles. The Morgan fingerprint density at radius 1 is 1.78 bits per heavy atom. The zero-order chi connectivity index (χ0) is 7.49. The van der Waals surface area contributed by atoms with Crippen LogP contribution >= 0.6 is 0 Å². The molecule has 0 radical (unpaired) electrons. The van der Waals surface area contributed by atoms with Gasteiger partial charge in [-0.25, -0.2) is 0 Å². The van der Waals surface area contributed by atoms with Gasteiger partial charge in [-0.1, -0.05) is 19.9 Å². The van der Waals surface area contributed by atoms with Crippen LogP contribution in [0.4, 0.5) is 0 Å². The van der Waals surface area contributed by atoms with Gasteiger partial charge in [-0.3, -0.25) is 0 Å². The van der Waals surface area contributed by atoms with Crippen LogP contribution in [0.1, 0.15) is 20.3 Å². The van der Waals surface area contributed by atoms with Gasteiger partial charge < -0.3 is 9.90 Å². The highest BCUT2D eigenvalue weighted by Crippen LogP contribution is 2.18. The molecule has 0 aliphatic carbocycles. The lowest BCUT2D eigenvalue weighted by atomic mass is 9.90. The van der Waals surface area contributed by atoms with E-state index in [2.05, 4.69) is 6.58 Å². The molecule has 0 aromatic heterocycles. The lowest BCUT2D eigenvalue weighted by Crippen LogP contribution is -2.37. The Kier molecular flexibility index (Phi) is 2.43. The Bertz CT molecular complexity index is 125. The molecule has 0 rings (SSSR count). The predicted octanol–water partition coefficient (Wildman–Crippen LogP) is 0.339. The molecular weight excluding hydrogens is 116 g/mol. The fourth-order valence-electron chi connectivity index (χ4n) is 0.444. The van der Waals surface area contributed by atoms with E-state index in [4.69, 9.17) is 0 Å². The number of carbonyl (C=O) groups is 1. The van der Waals surface area contributed by atoms with Crippen molar-refractivity contribution < 1.29 is 9.90 Å². The van der Waals surface area contributed by atoms with Gasteiger partial charge in [0.2, 0.25) is 0 Å². The van der Waals surface area contributed by atoms with E-state index in [1.165, 1.54) is 0 Å². The van der Waals surface area contributed by atoms with Gasteiger partial charge in [0.15, 0.2) is 0 Å². The lowest BCUT2D eigenvalue weighted by molar-refractivity contribution is -0.317. The van der Waals surface area contributed by atoms with Crippen molar-refractivity contribution >= 4 is 5.97 Å². The highest BCUT2D eigenvalue weighted by atomic mass is 16.4. The number of allylic oxidation sites excluding steroid dienone is 1. The number of carbonyl (C=O) groups excluding carboxylic acids is 1. The van der Waals surface area contributed by atoms with Crippen LogP contribution in [0.25, 0.3) is 0 Å². The molecule has 0 aliphatic rings. The van der Waals surface area contributed by atoms with E-state index in [9.17, 15) is 9.90 Å². The first-order chi connectivity index (χ1) is 4.00. The largest absolute Gasteiger partial charge is 0.550 e. The second-order valence-corrected chi connectivity index (χ2v) is 2.66. The van der Waals surface area contributed by atoms with Crippen molar-refractivity contribution in [1.29, 1.82) is 0 Å². The molecule has 0 bridgehead atoms.